The monoisotopic (exact) mass is 284 g/mol. The standard InChI is InChI=1S/C15H26NO4/c1-10(17)19-13-8-11-6-7-12(9-13)16(11,5)14(18)20-15(2,3)4/h11-13H,6-9H2,1-5H3/q+1. The molecule has 0 N–H and O–H groups in total. The summed E-state index contributed by atoms with van der Waals surface area (Å²) in [4.78, 5) is 23.7. The molecule has 2 aliphatic heterocycles. The Bertz CT molecular complexity index is 399. The third-order valence-corrected chi connectivity index (χ3v) is 4.54. The number of rotatable bonds is 1. The van der Waals surface area contributed by atoms with Gasteiger partial charge in [-0.15, -0.1) is 0 Å². The van der Waals surface area contributed by atoms with E-state index < -0.39 is 5.60 Å². The third kappa shape index (κ3) is 2.82. The fourth-order valence-electron chi connectivity index (χ4n) is 3.59. The molecule has 0 aromatic rings. The van der Waals surface area contributed by atoms with Crippen molar-refractivity contribution in [1.82, 2.24) is 0 Å². The van der Waals surface area contributed by atoms with Crippen molar-refractivity contribution in [3.8, 4) is 0 Å². The second kappa shape index (κ2) is 5.02. The zero-order chi connectivity index (χ0) is 15.1. The topological polar surface area (TPSA) is 52.6 Å². The quantitative estimate of drug-likeness (QED) is 0.548. The number of ether oxygens (including phenoxy) is 2. The first kappa shape index (κ1) is 15.3. The third-order valence-electron chi connectivity index (χ3n) is 4.54. The van der Waals surface area contributed by atoms with Gasteiger partial charge in [0.25, 0.3) is 0 Å². The zero-order valence-corrected chi connectivity index (χ0v) is 13.1. The van der Waals surface area contributed by atoms with Gasteiger partial charge in [0.1, 0.15) is 23.8 Å². The summed E-state index contributed by atoms with van der Waals surface area (Å²) in [6.07, 6.45) is 3.32. The van der Waals surface area contributed by atoms with E-state index in [-0.39, 0.29) is 30.3 Å². The predicted molar refractivity (Wildman–Crippen MR) is 74.0 cm³/mol. The maximum Gasteiger partial charge on any atom is 0.516 e. The van der Waals surface area contributed by atoms with Crippen LogP contribution in [0.4, 0.5) is 4.79 Å². The van der Waals surface area contributed by atoms with Crippen LogP contribution in [-0.2, 0) is 14.3 Å². The number of carbonyl (C=O) groups is 2. The van der Waals surface area contributed by atoms with Gasteiger partial charge >= 0.3 is 12.1 Å². The molecule has 0 aromatic carbocycles. The number of quaternary nitrogens is 1. The first-order chi connectivity index (χ1) is 9.13. The molecule has 20 heavy (non-hydrogen) atoms. The van der Waals surface area contributed by atoms with Crippen molar-refractivity contribution in [1.29, 1.82) is 0 Å². The lowest BCUT2D eigenvalue weighted by Gasteiger charge is -2.43. The zero-order valence-electron chi connectivity index (χ0n) is 13.1. The Morgan fingerprint density at radius 2 is 1.60 bits per heavy atom. The molecule has 0 aromatic heterocycles. The van der Waals surface area contributed by atoms with Crippen LogP contribution in [0.3, 0.4) is 0 Å². The van der Waals surface area contributed by atoms with E-state index in [4.69, 9.17) is 9.47 Å². The van der Waals surface area contributed by atoms with Gasteiger partial charge in [0.2, 0.25) is 0 Å². The summed E-state index contributed by atoms with van der Waals surface area (Å²) in [5.41, 5.74) is -0.468. The van der Waals surface area contributed by atoms with E-state index in [0.29, 0.717) is 4.48 Å². The Kier molecular flexibility index (Phi) is 3.84. The number of hydrogen-bond donors (Lipinski definition) is 0. The van der Waals surface area contributed by atoms with Crippen LogP contribution in [-0.4, -0.2) is 47.4 Å². The van der Waals surface area contributed by atoms with Crippen LogP contribution in [0.5, 0.6) is 0 Å². The van der Waals surface area contributed by atoms with Gasteiger partial charge in [-0.05, 0) is 20.8 Å². The summed E-state index contributed by atoms with van der Waals surface area (Å²) in [6.45, 7) is 7.12. The largest absolute Gasteiger partial charge is 0.516 e. The second-order valence-electron chi connectivity index (χ2n) is 7.22. The number of nitrogens with zero attached hydrogens (tertiary/aromatic N) is 1. The summed E-state index contributed by atoms with van der Waals surface area (Å²) in [6, 6.07) is 0.404. The van der Waals surface area contributed by atoms with E-state index in [1.165, 1.54) is 6.92 Å². The van der Waals surface area contributed by atoms with Gasteiger partial charge < -0.3 is 9.47 Å². The Morgan fingerprint density at radius 3 is 2.00 bits per heavy atom. The molecular formula is C15H26NO4+. The maximum atomic E-state index is 12.6. The lowest BCUT2D eigenvalue weighted by Crippen LogP contribution is -2.63. The summed E-state index contributed by atoms with van der Waals surface area (Å²) >= 11 is 0. The van der Waals surface area contributed by atoms with Gasteiger partial charge in [0.15, 0.2) is 0 Å². The minimum atomic E-state index is -0.468. The second-order valence-corrected chi connectivity index (χ2v) is 7.22. The highest BCUT2D eigenvalue weighted by molar-refractivity contribution is 5.66. The highest BCUT2D eigenvalue weighted by Crippen LogP contribution is 2.43. The Balaban J connectivity index is 2.11. The van der Waals surface area contributed by atoms with Crippen LogP contribution < -0.4 is 0 Å². The van der Waals surface area contributed by atoms with Crippen LogP contribution in [0, 0.1) is 0 Å². The summed E-state index contributed by atoms with van der Waals surface area (Å²) in [5, 5.41) is 0. The van der Waals surface area contributed by atoms with E-state index in [1.54, 1.807) is 0 Å². The van der Waals surface area contributed by atoms with Crippen molar-refractivity contribution in [3.63, 3.8) is 0 Å². The Morgan fingerprint density at radius 1 is 1.10 bits per heavy atom. The van der Waals surface area contributed by atoms with Crippen molar-refractivity contribution < 1.29 is 23.5 Å². The molecule has 2 fully saturated rings. The lowest BCUT2D eigenvalue weighted by molar-refractivity contribution is -0.881. The molecule has 2 unspecified atom stereocenters. The van der Waals surface area contributed by atoms with Crippen molar-refractivity contribution in [3.05, 3.63) is 0 Å². The smallest absolute Gasteiger partial charge is 0.462 e. The van der Waals surface area contributed by atoms with Crippen molar-refractivity contribution >= 4 is 12.1 Å². The SMILES string of the molecule is CC(=O)OC1CC2CCC(C1)[N+]2(C)C(=O)OC(C)(C)C. The number of amides is 1. The minimum absolute atomic E-state index is 0.0429. The molecule has 2 bridgehead atoms. The van der Waals surface area contributed by atoms with Gasteiger partial charge in [0, 0.05) is 32.6 Å². The predicted octanol–water partition coefficient (Wildman–Crippen LogP) is 2.62. The normalized spacial score (nSPS) is 36.5. The highest BCUT2D eigenvalue weighted by atomic mass is 16.6. The molecule has 0 spiro atoms. The van der Waals surface area contributed by atoms with Gasteiger partial charge in [0.05, 0.1) is 7.05 Å². The number of piperidine rings is 1. The van der Waals surface area contributed by atoms with E-state index in [2.05, 4.69) is 0 Å². The molecule has 2 aliphatic rings. The molecule has 2 heterocycles. The van der Waals surface area contributed by atoms with E-state index >= 15 is 0 Å². The maximum absolute atomic E-state index is 12.6. The number of hydrogen-bond acceptors (Lipinski definition) is 4. The number of esters is 1. The van der Waals surface area contributed by atoms with Gasteiger partial charge in [-0.1, -0.05) is 0 Å². The van der Waals surface area contributed by atoms with Gasteiger partial charge in [-0.2, -0.15) is 4.79 Å². The van der Waals surface area contributed by atoms with Crippen molar-refractivity contribution in [2.24, 2.45) is 0 Å². The first-order valence-electron chi connectivity index (χ1n) is 7.39. The number of fused-ring (bicyclic) bond motifs is 2. The molecule has 1 amide bonds. The molecule has 114 valence electrons. The van der Waals surface area contributed by atoms with Crippen molar-refractivity contribution in [2.45, 2.75) is 77.2 Å². The van der Waals surface area contributed by atoms with Gasteiger partial charge in [-0.25, -0.2) is 4.48 Å². The molecule has 2 rings (SSSR count). The average molecular weight is 284 g/mol. The Hall–Kier alpha value is -1.10. The highest BCUT2D eigenvalue weighted by Gasteiger charge is 2.58. The molecule has 0 saturated carbocycles. The first-order valence-corrected chi connectivity index (χ1v) is 7.39. The van der Waals surface area contributed by atoms with Crippen molar-refractivity contribution in [2.75, 3.05) is 7.05 Å². The fraction of sp³-hybridized carbons (Fsp3) is 0.867. The van der Waals surface area contributed by atoms with Gasteiger partial charge in [-0.3, -0.25) is 4.79 Å². The summed E-state index contributed by atoms with van der Waals surface area (Å²) in [7, 11) is 1.97. The van der Waals surface area contributed by atoms with Crippen LogP contribution in [0.25, 0.3) is 0 Å². The fourth-order valence-corrected chi connectivity index (χ4v) is 3.59. The van der Waals surface area contributed by atoms with Crippen LogP contribution in [0.1, 0.15) is 53.4 Å². The van der Waals surface area contributed by atoms with Crippen LogP contribution in [0.15, 0.2) is 0 Å². The van der Waals surface area contributed by atoms with E-state index in [1.807, 2.05) is 27.8 Å². The average Bonchev–Trinajstić information content (AvgIpc) is 2.46. The molecule has 0 aliphatic carbocycles. The number of carbonyl (C=O) groups excluding carboxylic acids is 2. The molecule has 2 saturated heterocycles. The minimum Gasteiger partial charge on any atom is -0.462 e. The van der Waals surface area contributed by atoms with Crippen LogP contribution in [0.2, 0.25) is 0 Å². The molecular weight excluding hydrogens is 258 g/mol. The molecule has 5 heteroatoms. The van der Waals surface area contributed by atoms with E-state index in [9.17, 15) is 9.59 Å². The lowest BCUT2D eigenvalue weighted by atomic mass is 9.97. The van der Waals surface area contributed by atoms with E-state index in [0.717, 1.165) is 25.7 Å². The molecule has 0 radical (unpaired) electrons. The molecule has 2 atom stereocenters. The van der Waals surface area contributed by atoms with Crippen LogP contribution >= 0.6 is 0 Å². The summed E-state index contributed by atoms with van der Waals surface area (Å²) in [5.74, 6) is -0.234. The Labute approximate surface area is 120 Å². The summed E-state index contributed by atoms with van der Waals surface area (Å²) < 4.78 is 11.3. The molecule has 5 nitrogen and oxygen atoms in total.